The summed E-state index contributed by atoms with van der Waals surface area (Å²) < 4.78 is 1.45. The van der Waals surface area contributed by atoms with Crippen molar-refractivity contribution < 1.29 is 5.11 Å². The van der Waals surface area contributed by atoms with Crippen molar-refractivity contribution in [2.45, 2.75) is 13.0 Å². The molecule has 9 nitrogen and oxygen atoms in total. The van der Waals surface area contributed by atoms with Crippen molar-refractivity contribution in [3.8, 4) is 5.95 Å². The molecule has 0 fully saturated rings. The van der Waals surface area contributed by atoms with Crippen molar-refractivity contribution in [3.63, 3.8) is 0 Å². The summed E-state index contributed by atoms with van der Waals surface area (Å²) in [5, 5.41) is 16.0. The van der Waals surface area contributed by atoms with E-state index in [1.54, 1.807) is 19.0 Å². The lowest BCUT2D eigenvalue weighted by atomic mass is 10.3. The minimum Gasteiger partial charge on any atom is -0.394 e. The number of rotatable bonds is 5. The fourth-order valence-corrected chi connectivity index (χ4v) is 1.36. The van der Waals surface area contributed by atoms with Gasteiger partial charge in [0.15, 0.2) is 0 Å². The summed E-state index contributed by atoms with van der Waals surface area (Å²) in [6.07, 6.45) is 2.91. The zero-order chi connectivity index (χ0) is 13.8. The lowest BCUT2D eigenvalue weighted by Crippen LogP contribution is -2.33. The van der Waals surface area contributed by atoms with E-state index in [1.807, 2.05) is 6.92 Å². The molecular formula is C10H16N8O. The van der Waals surface area contributed by atoms with E-state index in [0.717, 1.165) is 0 Å². The summed E-state index contributed by atoms with van der Waals surface area (Å²) in [6, 6.07) is -0.101. The zero-order valence-electron chi connectivity index (χ0n) is 11.0. The minimum atomic E-state index is -0.101. The molecule has 102 valence electrons. The topological polar surface area (TPSA) is 105 Å². The average Bonchev–Trinajstić information content (AvgIpc) is 2.99. The number of aromatic nitrogens is 6. The smallest absolute Gasteiger partial charge is 0.258 e. The minimum absolute atomic E-state index is 0.00965. The van der Waals surface area contributed by atoms with E-state index in [-0.39, 0.29) is 12.6 Å². The second-order valence-electron chi connectivity index (χ2n) is 3.99. The number of likely N-dealkylation sites (N-methyl/N-ethyl adjacent to an activating group) is 1. The predicted octanol–water partition coefficient (Wildman–Crippen LogP) is -0.689. The van der Waals surface area contributed by atoms with Crippen LogP contribution in [-0.4, -0.2) is 61.6 Å². The third-order valence-electron chi connectivity index (χ3n) is 2.70. The monoisotopic (exact) mass is 264 g/mol. The van der Waals surface area contributed by atoms with Crippen LogP contribution >= 0.6 is 0 Å². The average molecular weight is 264 g/mol. The van der Waals surface area contributed by atoms with Gasteiger partial charge in [0.1, 0.15) is 12.7 Å². The molecule has 0 aromatic carbocycles. The van der Waals surface area contributed by atoms with Crippen LogP contribution in [0, 0.1) is 0 Å². The molecule has 0 saturated carbocycles. The molecule has 2 heterocycles. The van der Waals surface area contributed by atoms with Gasteiger partial charge in [-0.3, -0.25) is 0 Å². The zero-order valence-corrected chi connectivity index (χ0v) is 11.0. The molecule has 9 heteroatoms. The first-order chi connectivity index (χ1) is 9.15. The van der Waals surface area contributed by atoms with Gasteiger partial charge in [-0.15, -0.1) is 0 Å². The van der Waals surface area contributed by atoms with E-state index in [1.165, 1.54) is 17.3 Å². The molecule has 0 saturated heterocycles. The Labute approximate surface area is 110 Å². The molecule has 0 aliphatic rings. The van der Waals surface area contributed by atoms with Crippen LogP contribution in [0.5, 0.6) is 0 Å². The molecule has 0 spiro atoms. The molecule has 2 rings (SSSR count). The Hall–Kier alpha value is -2.29. The van der Waals surface area contributed by atoms with E-state index < -0.39 is 0 Å². The number of hydrogen-bond donors (Lipinski definition) is 2. The highest BCUT2D eigenvalue weighted by Gasteiger charge is 2.15. The number of hydrogen-bond acceptors (Lipinski definition) is 8. The van der Waals surface area contributed by atoms with E-state index in [4.69, 9.17) is 0 Å². The summed E-state index contributed by atoms with van der Waals surface area (Å²) in [5.41, 5.74) is 0. The Bertz CT molecular complexity index is 528. The Morgan fingerprint density at radius 3 is 2.79 bits per heavy atom. The number of aliphatic hydroxyl groups is 1. The van der Waals surface area contributed by atoms with Gasteiger partial charge in [0.05, 0.1) is 12.6 Å². The van der Waals surface area contributed by atoms with Crippen molar-refractivity contribution >= 4 is 11.9 Å². The molecule has 0 aliphatic heterocycles. The standard InChI is InChI=1S/C10H16N8O/c1-7(4-19)17(3)9-14-8(11-2)15-10(16-9)18-6-12-5-13-18/h5-7,19H,4H2,1-3H3,(H,11,14,15,16). The third kappa shape index (κ3) is 2.76. The van der Waals surface area contributed by atoms with E-state index >= 15 is 0 Å². The maximum Gasteiger partial charge on any atom is 0.258 e. The maximum atomic E-state index is 9.19. The Kier molecular flexibility index (Phi) is 3.85. The van der Waals surface area contributed by atoms with Gasteiger partial charge in [0, 0.05) is 14.1 Å². The van der Waals surface area contributed by atoms with Crippen LogP contribution < -0.4 is 10.2 Å². The van der Waals surface area contributed by atoms with Crippen molar-refractivity contribution in [2.75, 3.05) is 30.9 Å². The number of nitrogens with zero attached hydrogens (tertiary/aromatic N) is 7. The number of nitrogens with one attached hydrogen (secondary N) is 1. The molecule has 2 N–H and O–H groups in total. The maximum absolute atomic E-state index is 9.19. The first kappa shape index (κ1) is 13.1. The lowest BCUT2D eigenvalue weighted by Gasteiger charge is -2.23. The van der Waals surface area contributed by atoms with Crippen molar-refractivity contribution in [3.05, 3.63) is 12.7 Å². The second-order valence-corrected chi connectivity index (χ2v) is 3.99. The van der Waals surface area contributed by atoms with Gasteiger partial charge in [-0.2, -0.15) is 24.7 Å². The van der Waals surface area contributed by atoms with Gasteiger partial charge in [0.2, 0.25) is 11.9 Å². The molecule has 0 radical (unpaired) electrons. The molecular weight excluding hydrogens is 248 g/mol. The molecule has 1 unspecified atom stereocenters. The largest absolute Gasteiger partial charge is 0.394 e. The number of aliphatic hydroxyl groups excluding tert-OH is 1. The highest BCUT2D eigenvalue weighted by molar-refractivity contribution is 5.39. The van der Waals surface area contributed by atoms with Crippen LogP contribution in [0.15, 0.2) is 12.7 Å². The highest BCUT2D eigenvalue weighted by atomic mass is 16.3. The fraction of sp³-hybridized carbons (Fsp3) is 0.500. The molecule has 0 aliphatic carbocycles. The molecule has 19 heavy (non-hydrogen) atoms. The molecule has 2 aromatic rings. The van der Waals surface area contributed by atoms with Gasteiger partial charge in [-0.05, 0) is 6.92 Å². The van der Waals surface area contributed by atoms with Crippen molar-refractivity contribution in [2.24, 2.45) is 0 Å². The first-order valence-electron chi connectivity index (χ1n) is 5.78. The molecule has 2 aromatic heterocycles. The lowest BCUT2D eigenvalue weighted by molar-refractivity contribution is 0.269. The molecule has 0 amide bonds. The summed E-state index contributed by atoms with van der Waals surface area (Å²) in [5.74, 6) is 1.24. The fourth-order valence-electron chi connectivity index (χ4n) is 1.36. The van der Waals surface area contributed by atoms with Crippen molar-refractivity contribution in [1.29, 1.82) is 0 Å². The van der Waals surface area contributed by atoms with Gasteiger partial charge >= 0.3 is 0 Å². The quantitative estimate of drug-likeness (QED) is 0.731. The first-order valence-corrected chi connectivity index (χ1v) is 5.78. The van der Waals surface area contributed by atoms with Gasteiger partial charge in [0.25, 0.3) is 5.95 Å². The Morgan fingerprint density at radius 2 is 2.21 bits per heavy atom. The normalized spacial score (nSPS) is 12.2. The van der Waals surface area contributed by atoms with Crippen LogP contribution in [0.4, 0.5) is 11.9 Å². The molecule has 1 atom stereocenters. The summed E-state index contributed by atoms with van der Waals surface area (Å²) in [4.78, 5) is 18.4. The second kappa shape index (κ2) is 5.57. The summed E-state index contributed by atoms with van der Waals surface area (Å²) in [6.45, 7) is 1.88. The van der Waals surface area contributed by atoms with Gasteiger partial charge < -0.3 is 15.3 Å². The van der Waals surface area contributed by atoms with Crippen LogP contribution in [0.25, 0.3) is 5.95 Å². The van der Waals surface area contributed by atoms with Gasteiger partial charge in [-0.1, -0.05) is 0 Å². The summed E-state index contributed by atoms with van der Waals surface area (Å²) in [7, 11) is 3.53. The van der Waals surface area contributed by atoms with E-state index in [9.17, 15) is 5.11 Å². The highest BCUT2D eigenvalue weighted by Crippen LogP contribution is 2.13. The van der Waals surface area contributed by atoms with Crippen LogP contribution in [0.2, 0.25) is 0 Å². The van der Waals surface area contributed by atoms with Crippen molar-refractivity contribution in [1.82, 2.24) is 29.7 Å². The van der Waals surface area contributed by atoms with Crippen LogP contribution in [0.3, 0.4) is 0 Å². The molecule has 0 bridgehead atoms. The van der Waals surface area contributed by atoms with Crippen LogP contribution in [0.1, 0.15) is 6.92 Å². The number of anilines is 2. The predicted molar refractivity (Wildman–Crippen MR) is 69.2 cm³/mol. The summed E-state index contributed by atoms with van der Waals surface area (Å²) >= 11 is 0. The van der Waals surface area contributed by atoms with E-state index in [2.05, 4.69) is 30.4 Å². The van der Waals surface area contributed by atoms with Crippen LogP contribution in [-0.2, 0) is 0 Å². The van der Waals surface area contributed by atoms with Gasteiger partial charge in [-0.25, -0.2) is 4.98 Å². The Balaban J connectivity index is 2.42. The van der Waals surface area contributed by atoms with E-state index in [0.29, 0.717) is 17.8 Å². The SMILES string of the molecule is CNc1nc(N(C)C(C)CO)nc(-n2cncn2)n1. The Morgan fingerprint density at radius 1 is 1.42 bits per heavy atom. The third-order valence-corrected chi connectivity index (χ3v) is 2.70.